The van der Waals surface area contributed by atoms with E-state index in [9.17, 15) is 18.3 Å². The maximum Gasteiger partial charge on any atom is 0.324 e. The molecule has 0 atom stereocenters. The number of carbonyl (C=O) groups is 1. The van der Waals surface area contributed by atoms with Crippen molar-refractivity contribution in [3.63, 3.8) is 0 Å². The van der Waals surface area contributed by atoms with Gasteiger partial charge >= 0.3 is 5.97 Å². The third kappa shape index (κ3) is 3.15. The van der Waals surface area contributed by atoms with Crippen molar-refractivity contribution in [3.8, 4) is 6.07 Å². The van der Waals surface area contributed by atoms with Crippen LogP contribution in [-0.2, 0) is 14.8 Å². The van der Waals surface area contributed by atoms with Crippen molar-refractivity contribution in [1.82, 2.24) is 4.72 Å². The number of carboxylic acids is 1. The third-order valence-corrected chi connectivity index (χ3v) is 4.75. The van der Waals surface area contributed by atoms with Gasteiger partial charge in [-0.15, -0.1) is 0 Å². The van der Waals surface area contributed by atoms with Gasteiger partial charge in [0, 0.05) is 0 Å². The topological polar surface area (TPSA) is 107 Å². The summed E-state index contributed by atoms with van der Waals surface area (Å²) >= 11 is 0. The predicted molar refractivity (Wildman–Crippen MR) is 72.4 cm³/mol. The van der Waals surface area contributed by atoms with E-state index in [0.29, 0.717) is 0 Å². The molecule has 0 saturated heterocycles. The number of nitrogens with one attached hydrogen (secondary N) is 1. The third-order valence-electron chi connectivity index (χ3n) is 3.22. The van der Waals surface area contributed by atoms with Crippen molar-refractivity contribution < 1.29 is 18.3 Å². The van der Waals surface area contributed by atoms with Gasteiger partial charge in [-0.3, -0.25) is 4.79 Å². The fourth-order valence-corrected chi connectivity index (χ4v) is 3.34. The molecular weight excluding hydrogens is 280 g/mol. The van der Waals surface area contributed by atoms with Crippen molar-refractivity contribution in [2.45, 2.75) is 37.1 Å². The van der Waals surface area contributed by atoms with Crippen LogP contribution in [0.15, 0.2) is 29.2 Å². The second-order valence-electron chi connectivity index (χ2n) is 4.34. The van der Waals surface area contributed by atoms with Gasteiger partial charge in [-0.25, -0.2) is 8.42 Å². The van der Waals surface area contributed by atoms with Crippen molar-refractivity contribution in [2.24, 2.45) is 0 Å². The van der Waals surface area contributed by atoms with Crippen LogP contribution in [0.1, 0.15) is 32.3 Å². The maximum absolute atomic E-state index is 12.3. The van der Waals surface area contributed by atoms with Crippen LogP contribution in [0.2, 0.25) is 0 Å². The second-order valence-corrected chi connectivity index (χ2v) is 6.02. The molecule has 0 aliphatic heterocycles. The summed E-state index contributed by atoms with van der Waals surface area (Å²) in [6.45, 7) is 3.21. The molecule has 1 aromatic rings. The Kier molecular flexibility index (Phi) is 4.87. The van der Waals surface area contributed by atoms with E-state index < -0.39 is 21.5 Å². The minimum absolute atomic E-state index is 0.121. The molecule has 1 rings (SSSR count). The quantitative estimate of drug-likeness (QED) is 0.826. The van der Waals surface area contributed by atoms with Crippen LogP contribution >= 0.6 is 0 Å². The van der Waals surface area contributed by atoms with E-state index in [4.69, 9.17) is 5.26 Å². The van der Waals surface area contributed by atoms with Gasteiger partial charge in [0.25, 0.3) is 0 Å². The summed E-state index contributed by atoms with van der Waals surface area (Å²) in [5.74, 6) is -1.22. The molecule has 0 heterocycles. The molecule has 0 unspecified atom stereocenters. The first-order valence-corrected chi connectivity index (χ1v) is 7.57. The van der Waals surface area contributed by atoms with Gasteiger partial charge in [-0.1, -0.05) is 19.9 Å². The molecule has 7 heteroatoms. The van der Waals surface area contributed by atoms with Crippen LogP contribution in [0.3, 0.4) is 0 Å². The maximum atomic E-state index is 12.3. The number of aliphatic carboxylic acids is 1. The SMILES string of the molecule is CCC(CC)(NS(=O)(=O)c1cccc(C#N)c1)C(=O)O. The summed E-state index contributed by atoms with van der Waals surface area (Å²) in [6, 6.07) is 7.29. The van der Waals surface area contributed by atoms with E-state index in [2.05, 4.69) is 4.72 Å². The number of nitriles is 1. The number of hydrogen-bond acceptors (Lipinski definition) is 4. The summed E-state index contributed by atoms with van der Waals surface area (Å²) in [5, 5.41) is 18.0. The first-order chi connectivity index (χ1) is 9.31. The highest BCUT2D eigenvalue weighted by Gasteiger charge is 2.39. The molecule has 0 aromatic heterocycles. The number of carboxylic acid groups (broad SMARTS) is 1. The summed E-state index contributed by atoms with van der Waals surface area (Å²) < 4.78 is 26.7. The normalized spacial score (nSPS) is 11.8. The smallest absolute Gasteiger partial charge is 0.324 e. The Morgan fingerprint density at radius 1 is 1.40 bits per heavy atom. The molecular formula is C13H16N2O4S. The molecule has 0 spiro atoms. The minimum Gasteiger partial charge on any atom is -0.480 e. The van der Waals surface area contributed by atoms with Crippen LogP contribution in [0, 0.1) is 11.3 Å². The zero-order valence-corrected chi connectivity index (χ0v) is 12.1. The zero-order chi connectivity index (χ0) is 15.4. The van der Waals surface area contributed by atoms with Crippen LogP contribution in [0.4, 0.5) is 0 Å². The molecule has 0 saturated carbocycles. The van der Waals surface area contributed by atoms with Gasteiger partial charge in [0.05, 0.1) is 16.5 Å². The number of rotatable bonds is 6. The number of sulfonamides is 1. The second kappa shape index (κ2) is 6.03. The Labute approximate surface area is 118 Å². The van der Waals surface area contributed by atoms with Gasteiger partial charge in [-0.05, 0) is 31.0 Å². The largest absolute Gasteiger partial charge is 0.480 e. The average Bonchev–Trinajstić information content (AvgIpc) is 2.44. The summed E-state index contributed by atoms with van der Waals surface area (Å²) in [7, 11) is -4.00. The van der Waals surface area contributed by atoms with Gasteiger partial charge in [0.2, 0.25) is 10.0 Å². The lowest BCUT2D eigenvalue weighted by Crippen LogP contribution is -2.53. The molecule has 0 aliphatic carbocycles. The summed E-state index contributed by atoms with van der Waals surface area (Å²) in [4.78, 5) is 11.2. The molecule has 0 bridgehead atoms. The zero-order valence-electron chi connectivity index (χ0n) is 11.3. The molecule has 108 valence electrons. The lowest BCUT2D eigenvalue weighted by Gasteiger charge is -2.27. The number of nitrogens with zero attached hydrogens (tertiary/aromatic N) is 1. The van der Waals surface area contributed by atoms with Gasteiger partial charge in [-0.2, -0.15) is 9.98 Å². The molecule has 6 nitrogen and oxygen atoms in total. The fourth-order valence-electron chi connectivity index (χ4n) is 1.79. The van der Waals surface area contributed by atoms with E-state index in [1.54, 1.807) is 13.8 Å². The Hall–Kier alpha value is -1.91. The molecule has 0 fully saturated rings. The van der Waals surface area contributed by atoms with Gasteiger partial charge in [0.15, 0.2) is 0 Å². The van der Waals surface area contributed by atoms with E-state index in [1.807, 2.05) is 6.07 Å². The van der Waals surface area contributed by atoms with Crippen LogP contribution in [0.5, 0.6) is 0 Å². The van der Waals surface area contributed by atoms with E-state index in [-0.39, 0.29) is 23.3 Å². The lowest BCUT2D eigenvalue weighted by atomic mass is 9.95. The molecule has 0 radical (unpaired) electrons. The predicted octanol–water partition coefficient (Wildman–Crippen LogP) is 1.48. The fraction of sp³-hybridized carbons (Fsp3) is 0.385. The molecule has 0 amide bonds. The molecule has 1 aromatic carbocycles. The summed E-state index contributed by atoms with van der Waals surface area (Å²) in [6.07, 6.45) is 0.242. The first-order valence-electron chi connectivity index (χ1n) is 6.09. The van der Waals surface area contributed by atoms with Crippen molar-refractivity contribution >= 4 is 16.0 Å². The average molecular weight is 296 g/mol. The van der Waals surface area contributed by atoms with Crippen LogP contribution < -0.4 is 4.72 Å². The lowest BCUT2D eigenvalue weighted by molar-refractivity contribution is -0.144. The molecule has 2 N–H and O–H groups in total. The van der Waals surface area contributed by atoms with E-state index in [0.717, 1.165) is 0 Å². The number of benzene rings is 1. The molecule has 20 heavy (non-hydrogen) atoms. The van der Waals surface area contributed by atoms with E-state index in [1.165, 1.54) is 24.3 Å². The highest BCUT2D eigenvalue weighted by atomic mass is 32.2. The Morgan fingerprint density at radius 2 is 2.00 bits per heavy atom. The first kappa shape index (κ1) is 16.1. The van der Waals surface area contributed by atoms with Crippen molar-refractivity contribution in [2.75, 3.05) is 0 Å². The number of hydrogen-bond donors (Lipinski definition) is 2. The Morgan fingerprint density at radius 3 is 2.45 bits per heavy atom. The van der Waals surface area contributed by atoms with Crippen LogP contribution in [0.25, 0.3) is 0 Å². The molecule has 0 aliphatic rings. The van der Waals surface area contributed by atoms with Crippen molar-refractivity contribution in [3.05, 3.63) is 29.8 Å². The van der Waals surface area contributed by atoms with Gasteiger partial charge in [0.1, 0.15) is 5.54 Å². The van der Waals surface area contributed by atoms with Gasteiger partial charge < -0.3 is 5.11 Å². The highest BCUT2D eigenvalue weighted by Crippen LogP contribution is 2.20. The summed E-state index contributed by atoms with van der Waals surface area (Å²) in [5.41, 5.74) is -1.34. The monoisotopic (exact) mass is 296 g/mol. The Bertz CT molecular complexity index is 643. The minimum atomic E-state index is -4.00. The van der Waals surface area contributed by atoms with Crippen LogP contribution in [-0.4, -0.2) is 25.0 Å². The standard InChI is InChI=1S/C13H16N2O4S/c1-3-13(4-2,12(16)17)15-20(18,19)11-7-5-6-10(8-11)9-14/h5-8,15H,3-4H2,1-2H3,(H,16,17). The highest BCUT2D eigenvalue weighted by molar-refractivity contribution is 7.89. The van der Waals surface area contributed by atoms with E-state index >= 15 is 0 Å². The Balaban J connectivity index is 3.23. The van der Waals surface area contributed by atoms with Crippen molar-refractivity contribution in [1.29, 1.82) is 5.26 Å².